The number of hydrogen-bond acceptors (Lipinski definition) is 3. The summed E-state index contributed by atoms with van der Waals surface area (Å²) >= 11 is 1.42. The number of rotatable bonds is 1. The van der Waals surface area contributed by atoms with Crippen LogP contribution in [-0.2, 0) is 4.79 Å². The Labute approximate surface area is 103 Å². The predicted octanol–water partition coefficient (Wildman–Crippen LogP) is 2.15. The van der Waals surface area contributed by atoms with Crippen molar-refractivity contribution in [2.45, 2.75) is 13.0 Å². The molecule has 86 valence electrons. The third kappa shape index (κ3) is 1.19. The van der Waals surface area contributed by atoms with Gasteiger partial charge in [0.1, 0.15) is 0 Å². The fourth-order valence-corrected chi connectivity index (χ4v) is 3.23. The second-order valence-corrected chi connectivity index (χ2v) is 4.96. The van der Waals surface area contributed by atoms with Gasteiger partial charge in [0.15, 0.2) is 5.78 Å². The second kappa shape index (κ2) is 3.47. The first kappa shape index (κ1) is 10.6. The van der Waals surface area contributed by atoms with E-state index in [4.69, 9.17) is 0 Å². The summed E-state index contributed by atoms with van der Waals surface area (Å²) in [5.41, 5.74) is 2.39. The lowest BCUT2D eigenvalue weighted by molar-refractivity contribution is -0.116. The first-order valence-corrected chi connectivity index (χ1v) is 6.64. The molecular formula is C13H11NO2S. The molecule has 0 spiro atoms. The normalized spacial score (nSPS) is 22.2. The van der Waals surface area contributed by atoms with Crippen molar-refractivity contribution >= 4 is 29.1 Å². The van der Waals surface area contributed by atoms with Crippen LogP contribution in [0.1, 0.15) is 22.8 Å². The zero-order chi connectivity index (χ0) is 12.2. The van der Waals surface area contributed by atoms with Gasteiger partial charge in [-0.05, 0) is 19.2 Å². The maximum atomic E-state index is 12.2. The lowest BCUT2D eigenvalue weighted by Gasteiger charge is -2.16. The third-order valence-electron chi connectivity index (χ3n) is 3.28. The van der Waals surface area contributed by atoms with Gasteiger partial charge in [0.2, 0.25) is 0 Å². The Morgan fingerprint density at radius 1 is 1.18 bits per heavy atom. The van der Waals surface area contributed by atoms with E-state index in [0.717, 1.165) is 11.3 Å². The van der Waals surface area contributed by atoms with Crippen molar-refractivity contribution in [3.8, 4) is 0 Å². The van der Waals surface area contributed by atoms with Crippen LogP contribution < -0.4 is 0 Å². The zero-order valence-electron chi connectivity index (χ0n) is 9.56. The molecule has 2 heterocycles. The molecule has 0 radical (unpaired) electrons. The number of amides is 1. The molecule has 0 aliphatic carbocycles. The molecule has 0 N–H and O–H groups in total. The molecule has 2 aliphatic rings. The summed E-state index contributed by atoms with van der Waals surface area (Å²) < 4.78 is 0. The summed E-state index contributed by atoms with van der Waals surface area (Å²) in [4.78, 5) is 26.6. The average molecular weight is 245 g/mol. The van der Waals surface area contributed by atoms with Crippen LogP contribution in [0.15, 0.2) is 29.2 Å². The number of hydrogen-bond donors (Lipinski definition) is 0. The molecule has 0 fully saturated rings. The Bertz CT molecular complexity index is 577. The Morgan fingerprint density at radius 3 is 2.47 bits per heavy atom. The second-order valence-electron chi connectivity index (χ2n) is 4.14. The molecule has 3 nitrogen and oxygen atoms in total. The Morgan fingerprint density at radius 2 is 1.82 bits per heavy atom. The van der Waals surface area contributed by atoms with E-state index in [1.54, 1.807) is 11.8 Å². The van der Waals surface area contributed by atoms with E-state index >= 15 is 0 Å². The molecule has 0 bridgehead atoms. The van der Waals surface area contributed by atoms with Crippen LogP contribution in [0, 0.1) is 0 Å². The van der Waals surface area contributed by atoms with Crippen molar-refractivity contribution in [3.63, 3.8) is 0 Å². The minimum atomic E-state index is -0.368. The maximum Gasteiger partial charge on any atom is 0.259 e. The smallest absolute Gasteiger partial charge is 0.259 e. The van der Waals surface area contributed by atoms with E-state index in [9.17, 15) is 9.59 Å². The number of Topliss-reactive ketones (excluding diaryl/α,β-unsaturated/α-hetero) is 1. The highest BCUT2D eigenvalue weighted by atomic mass is 32.2. The van der Waals surface area contributed by atoms with Crippen molar-refractivity contribution in [1.82, 2.24) is 4.90 Å². The van der Waals surface area contributed by atoms with Gasteiger partial charge in [0, 0.05) is 11.1 Å². The lowest BCUT2D eigenvalue weighted by Crippen LogP contribution is -2.33. The molecule has 3 rings (SSSR count). The van der Waals surface area contributed by atoms with Gasteiger partial charge in [-0.1, -0.05) is 18.2 Å². The van der Waals surface area contributed by atoms with Crippen LogP contribution in [0.2, 0.25) is 0 Å². The molecule has 0 aromatic heterocycles. The van der Waals surface area contributed by atoms with E-state index in [-0.39, 0.29) is 17.7 Å². The van der Waals surface area contributed by atoms with E-state index in [1.807, 2.05) is 30.5 Å². The van der Waals surface area contributed by atoms with Crippen LogP contribution in [0.25, 0.3) is 5.70 Å². The largest absolute Gasteiger partial charge is 0.296 e. The number of nitrogens with zero attached hydrogens (tertiary/aromatic N) is 1. The van der Waals surface area contributed by atoms with Crippen molar-refractivity contribution in [3.05, 3.63) is 40.3 Å². The van der Waals surface area contributed by atoms with Crippen LogP contribution >= 0.6 is 11.8 Å². The van der Waals surface area contributed by atoms with E-state index in [1.165, 1.54) is 11.8 Å². The van der Waals surface area contributed by atoms with Crippen molar-refractivity contribution in [2.24, 2.45) is 0 Å². The van der Waals surface area contributed by atoms with E-state index < -0.39 is 0 Å². The molecule has 17 heavy (non-hydrogen) atoms. The summed E-state index contributed by atoms with van der Waals surface area (Å²) in [5.74, 6) is -0.00384. The quantitative estimate of drug-likeness (QED) is 0.760. The Kier molecular flexibility index (Phi) is 2.16. The van der Waals surface area contributed by atoms with Gasteiger partial charge in [0.25, 0.3) is 5.91 Å². The monoisotopic (exact) mass is 245 g/mol. The summed E-state index contributed by atoms with van der Waals surface area (Å²) in [6, 6.07) is 7.10. The zero-order valence-corrected chi connectivity index (χ0v) is 10.4. The number of ketones is 1. The molecule has 0 saturated heterocycles. The van der Waals surface area contributed by atoms with Crippen molar-refractivity contribution < 1.29 is 9.59 Å². The average Bonchev–Trinajstić information content (AvgIpc) is 2.77. The van der Waals surface area contributed by atoms with Gasteiger partial charge in [-0.25, -0.2) is 0 Å². The maximum absolute atomic E-state index is 12.2. The molecule has 1 unspecified atom stereocenters. The van der Waals surface area contributed by atoms with Gasteiger partial charge in [-0.15, -0.1) is 11.8 Å². The third-order valence-corrected chi connectivity index (χ3v) is 4.08. The minimum absolute atomic E-state index is 0.0513. The standard InChI is InChI=1S/C13H11NO2S/c1-7-11(15)12(17-2)10-8-5-3-4-6-9(8)13(16)14(7)10/h3-7H,1-2H3. The first-order chi connectivity index (χ1) is 8.16. The number of carbonyl (C=O) groups is 2. The molecule has 1 aromatic carbocycles. The van der Waals surface area contributed by atoms with E-state index in [0.29, 0.717) is 10.5 Å². The summed E-state index contributed by atoms with van der Waals surface area (Å²) in [7, 11) is 0. The highest BCUT2D eigenvalue weighted by Gasteiger charge is 2.46. The molecule has 0 saturated carbocycles. The van der Waals surface area contributed by atoms with Gasteiger partial charge in [0.05, 0.1) is 16.6 Å². The van der Waals surface area contributed by atoms with Crippen molar-refractivity contribution in [1.29, 1.82) is 0 Å². The molecular weight excluding hydrogens is 234 g/mol. The summed E-state index contributed by atoms with van der Waals surface area (Å²) in [6.07, 6.45) is 1.88. The Hall–Kier alpha value is -1.55. The topological polar surface area (TPSA) is 37.4 Å². The van der Waals surface area contributed by atoms with Gasteiger partial charge >= 0.3 is 0 Å². The highest BCUT2D eigenvalue weighted by molar-refractivity contribution is 8.03. The fourth-order valence-electron chi connectivity index (χ4n) is 2.46. The number of benzene rings is 1. The van der Waals surface area contributed by atoms with Crippen LogP contribution in [0.5, 0.6) is 0 Å². The molecule has 2 aliphatic heterocycles. The first-order valence-electron chi connectivity index (χ1n) is 5.42. The van der Waals surface area contributed by atoms with Crippen molar-refractivity contribution in [2.75, 3.05) is 6.26 Å². The number of thioether (sulfide) groups is 1. The highest BCUT2D eigenvalue weighted by Crippen LogP contribution is 2.44. The Balaban J connectivity index is 2.31. The predicted molar refractivity (Wildman–Crippen MR) is 67.5 cm³/mol. The summed E-state index contributed by atoms with van der Waals surface area (Å²) in [6.45, 7) is 1.79. The molecule has 1 aromatic rings. The minimum Gasteiger partial charge on any atom is -0.296 e. The lowest BCUT2D eigenvalue weighted by atomic mass is 10.1. The van der Waals surface area contributed by atoms with Gasteiger partial charge < -0.3 is 0 Å². The fraction of sp³-hybridized carbons (Fsp3) is 0.231. The molecule has 4 heteroatoms. The number of carbonyl (C=O) groups excluding carboxylic acids is 2. The molecule has 1 amide bonds. The SMILES string of the molecule is CSC1=C2c3ccccc3C(=O)N2C(C)C1=O. The van der Waals surface area contributed by atoms with Crippen LogP contribution in [-0.4, -0.2) is 28.9 Å². The summed E-state index contributed by atoms with van der Waals surface area (Å²) in [5, 5.41) is 0. The van der Waals surface area contributed by atoms with Crippen LogP contribution in [0.3, 0.4) is 0 Å². The van der Waals surface area contributed by atoms with Gasteiger partial charge in [-0.2, -0.15) is 0 Å². The number of fused-ring (bicyclic) bond motifs is 3. The van der Waals surface area contributed by atoms with Crippen LogP contribution in [0.4, 0.5) is 0 Å². The van der Waals surface area contributed by atoms with E-state index in [2.05, 4.69) is 0 Å². The molecule has 1 atom stereocenters. The van der Waals surface area contributed by atoms with Gasteiger partial charge in [-0.3, -0.25) is 14.5 Å².